The van der Waals surface area contributed by atoms with Gasteiger partial charge in [0.05, 0.1) is 12.3 Å². The van der Waals surface area contributed by atoms with Gasteiger partial charge < -0.3 is 4.42 Å². The lowest BCUT2D eigenvalue weighted by atomic mass is 10.0. The molecule has 0 spiro atoms. The molecule has 20 heavy (non-hydrogen) atoms. The molecule has 2 aromatic rings. The van der Waals surface area contributed by atoms with Crippen molar-refractivity contribution in [3.63, 3.8) is 0 Å². The van der Waals surface area contributed by atoms with Gasteiger partial charge >= 0.3 is 0 Å². The second-order valence-electron chi connectivity index (χ2n) is 4.66. The first kappa shape index (κ1) is 12.9. The molecule has 0 saturated heterocycles. The minimum absolute atomic E-state index is 0.0912. The third kappa shape index (κ3) is 2.34. The van der Waals surface area contributed by atoms with Crippen molar-refractivity contribution in [2.24, 2.45) is 5.10 Å². The fraction of sp³-hybridized carbons (Fsp3) is 0.200. The third-order valence-corrected chi connectivity index (χ3v) is 3.55. The standard InChI is InChI=1S/C15H13ClN2O2/c1-10(19)18-14(11-4-6-12(16)7-5-11)9-13(17-18)15-3-2-8-20-15/h2-8,14H,9H2,1H3/t14-/m1/s1. The molecule has 0 aliphatic carbocycles. The molecule has 1 amide bonds. The van der Waals surface area contributed by atoms with E-state index in [1.165, 1.54) is 11.9 Å². The number of carbonyl (C=O) groups is 1. The van der Waals surface area contributed by atoms with Gasteiger partial charge in [0.15, 0.2) is 0 Å². The molecular weight excluding hydrogens is 276 g/mol. The molecular formula is C15H13ClN2O2. The van der Waals surface area contributed by atoms with Gasteiger partial charge in [0.2, 0.25) is 5.91 Å². The molecule has 4 nitrogen and oxygen atoms in total. The molecule has 1 aliphatic heterocycles. The van der Waals surface area contributed by atoms with Crippen LogP contribution in [0.25, 0.3) is 0 Å². The van der Waals surface area contributed by atoms with Crippen molar-refractivity contribution >= 4 is 23.2 Å². The number of hydrogen-bond donors (Lipinski definition) is 0. The molecule has 1 aromatic heterocycles. The molecule has 0 radical (unpaired) electrons. The van der Waals surface area contributed by atoms with Crippen LogP contribution in [0.5, 0.6) is 0 Å². The van der Waals surface area contributed by atoms with Crippen molar-refractivity contribution in [2.45, 2.75) is 19.4 Å². The summed E-state index contributed by atoms with van der Waals surface area (Å²) in [4.78, 5) is 11.8. The summed E-state index contributed by atoms with van der Waals surface area (Å²) in [6.07, 6.45) is 2.24. The summed E-state index contributed by atoms with van der Waals surface area (Å²) in [5, 5.41) is 6.56. The molecule has 0 bridgehead atoms. The molecule has 1 aliphatic rings. The highest BCUT2D eigenvalue weighted by molar-refractivity contribution is 6.30. The summed E-state index contributed by atoms with van der Waals surface area (Å²) in [6, 6.07) is 11.0. The Labute approximate surface area is 121 Å². The van der Waals surface area contributed by atoms with Crippen LogP contribution in [0.2, 0.25) is 5.02 Å². The Morgan fingerprint density at radius 2 is 2.10 bits per heavy atom. The van der Waals surface area contributed by atoms with Crippen LogP contribution in [0, 0.1) is 0 Å². The summed E-state index contributed by atoms with van der Waals surface area (Å²) in [5.41, 5.74) is 1.79. The molecule has 0 N–H and O–H groups in total. The molecule has 0 fully saturated rings. The maximum absolute atomic E-state index is 11.8. The molecule has 0 saturated carbocycles. The predicted octanol–water partition coefficient (Wildman–Crippen LogP) is 3.63. The molecule has 3 rings (SSSR count). The molecule has 5 heteroatoms. The molecule has 102 valence electrons. The Bertz CT molecular complexity index is 647. The second-order valence-corrected chi connectivity index (χ2v) is 5.10. The van der Waals surface area contributed by atoms with Gasteiger partial charge in [-0.1, -0.05) is 23.7 Å². The zero-order valence-corrected chi connectivity index (χ0v) is 11.7. The lowest BCUT2D eigenvalue weighted by Crippen LogP contribution is -2.24. The Balaban J connectivity index is 1.93. The van der Waals surface area contributed by atoms with E-state index in [0.29, 0.717) is 17.2 Å². The molecule has 1 aromatic carbocycles. The first-order valence-corrected chi connectivity index (χ1v) is 6.69. The summed E-state index contributed by atoms with van der Waals surface area (Å²) in [7, 11) is 0. The quantitative estimate of drug-likeness (QED) is 0.847. The number of rotatable bonds is 2. The van der Waals surface area contributed by atoms with Gasteiger partial charge in [-0.2, -0.15) is 5.10 Å². The minimum Gasteiger partial charge on any atom is -0.463 e. The summed E-state index contributed by atoms with van der Waals surface area (Å²) >= 11 is 5.90. The van der Waals surface area contributed by atoms with Gasteiger partial charge in [0.1, 0.15) is 11.5 Å². The van der Waals surface area contributed by atoms with E-state index in [4.69, 9.17) is 16.0 Å². The Kier molecular flexibility index (Phi) is 3.32. The predicted molar refractivity (Wildman–Crippen MR) is 76.6 cm³/mol. The number of furan rings is 1. The number of halogens is 1. The van der Waals surface area contributed by atoms with E-state index in [1.807, 2.05) is 36.4 Å². The van der Waals surface area contributed by atoms with Gasteiger partial charge in [-0.05, 0) is 29.8 Å². The number of carbonyl (C=O) groups excluding carboxylic acids is 1. The topological polar surface area (TPSA) is 45.8 Å². The Hall–Kier alpha value is -2.07. The fourth-order valence-corrected chi connectivity index (χ4v) is 2.46. The van der Waals surface area contributed by atoms with Crippen LogP contribution < -0.4 is 0 Å². The van der Waals surface area contributed by atoms with Crippen molar-refractivity contribution in [3.8, 4) is 0 Å². The van der Waals surface area contributed by atoms with Crippen LogP contribution in [-0.2, 0) is 4.79 Å². The van der Waals surface area contributed by atoms with E-state index in [9.17, 15) is 4.79 Å². The van der Waals surface area contributed by atoms with Crippen molar-refractivity contribution in [3.05, 3.63) is 59.0 Å². The van der Waals surface area contributed by atoms with E-state index in [2.05, 4.69) is 5.10 Å². The van der Waals surface area contributed by atoms with Crippen LogP contribution >= 0.6 is 11.6 Å². The van der Waals surface area contributed by atoms with E-state index < -0.39 is 0 Å². The zero-order chi connectivity index (χ0) is 14.1. The highest BCUT2D eigenvalue weighted by Gasteiger charge is 2.32. The summed E-state index contributed by atoms with van der Waals surface area (Å²) in [6.45, 7) is 1.51. The molecule has 0 unspecified atom stereocenters. The van der Waals surface area contributed by atoms with Gasteiger partial charge in [-0.15, -0.1) is 0 Å². The number of benzene rings is 1. The maximum atomic E-state index is 11.8. The minimum atomic E-state index is -0.107. The smallest absolute Gasteiger partial charge is 0.240 e. The lowest BCUT2D eigenvalue weighted by Gasteiger charge is -2.20. The van der Waals surface area contributed by atoms with Crippen LogP contribution in [0.4, 0.5) is 0 Å². The van der Waals surface area contributed by atoms with E-state index in [0.717, 1.165) is 11.3 Å². The Morgan fingerprint density at radius 3 is 2.70 bits per heavy atom. The largest absolute Gasteiger partial charge is 0.463 e. The lowest BCUT2D eigenvalue weighted by molar-refractivity contribution is -0.130. The first-order valence-electron chi connectivity index (χ1n) is 6.32. The fourth-order valence-electron chi connectivity index (χ4n) is 2.34. The van der Waals surface area contributed by atoms with Gasteiger partial charge in [-0.25, -0.2) is 5.01 Å². The number of hydrazone groups is 1. The molecule has 1 atom stereocenters. The number of hydrogen-bond acceptors (Lipinski definition) is 3. The van der Waals surface area contributed by atoms with Crippen LogP contribution in [0.15, 0.2) is 52.2 Å². The first-order chi connectivity index (χ1) is 9.65. The summed E-state index contributed by atoms with van der Waals surface area (Å²) < 4.78 is 5.36. The van der Waals surface area contributed by atoms with Crippen LogP contribution in [0.3, 0.4) is 0 Å². The van der Waals surface area contributed by atoms with Crippen molar-refractivity contribution in [1.82, 2.24) is 5.01 Å². The van der Waals surface area contributed by atoms with Gasteiger partial charge in [0.25, 0.3) is 0 Å². The number of nitrogens with zero attached hydrogens (tertiary/aromatic N) is 2. The van der Waals surface area contributed by atoms with Crippen LogP contribution in [-0.4, -0.2) is 16.6 Å². The van der Waals surface area contributed by atoms with E-state index in [1.54, 1.807) is 6.26 Å². The number of amides is 1. The van der Waals surface area contributed by atoms with Crippen LogP contribution in [0.1, 0.15) is 30.7 Å². The zero-order valence-electron chi connectivity index (χ0n) is 10.9. The molecule has 2 heterocycles. The average molecular weight is 289 g/mol. The second kappa shape index (κ2) is 5.13. The van der Waals surface area contributed by atoms with Gasteiger partial charge in [0, 0.05) is 18.4 Å². The SMILES string of the molecule is CC(=O)N1N=C(c2ccco2)C[C@@H]1c1ccc(Cl)cc1. The third-order valence-electron chi connectivity index (χ3n) is 3.29. The van der Waals surface area contributed by atoms with Crippen molar-refractivity contribution in [1.29, 1.82) is 0 Å². The normalized spacial score (nSPS) is 18.2. The van der Waals surface area contributed by atoms with Gasteiger partial charge in [-0.3, -0.25) is 4.79 Å². The maximum Gasteiger partial charge on any atom is 0.240 e. The monoisotopic (exact) mass is 288 g/mol. The van der Waals surface area contributed by atoms with E-state index in [-0.39, 0.29) is 11.9 Å². The van der Waals surface area contributed by atoms with Crippen molar-refractivity contribution < 1.29 is 9.21 Å². The highest BCUT2D eigenvalue weighted by atomic mass is 35.5. The average Bonchev–Trinajstić information content (AvgIpc) is 3.08. The Morgan fingerprint density at radius 1 is 1.35 bits per heavy atom. The van der Waals surface area contributed by atoms with E-state index >= 15 is 0 Å². The highest BCUT2D eigenvalue weighted by Crippen LogP contribution is 2.33. The summed E-state index contributed by atoms with van der Waals surface area (Å²) in [5.74, 6) is 0.610. The van der Waals surface area contributed by atoms with Crippen molar-refractivity contribution in [2.75, 3.05) is 0 Å².